The van der Waals surface area contributed by atoms with E-state index in [1.165, 1.54) is 71.8 Å². The van der Waals surface area contributed by atoms with Gasteiger partial charge in [-0.15, -0.1) is 12.8 Å². The zero-order valence-corrected chi connectivity index (χ0v) is 31.1. The van der Waals surface area contributed by atoms with E-state index in [2.05, 4.69) is 58.7 Å². The van der Waals surface area contributed by atoms with E-state index in [0.717, 1.165) is 19.3 Å². The molecule has 0 radical (unpaired) electrons. The van der Waals surface area contributed by atoms with E-state index in [9.17, 15) is 9.59 Å². The first kappa shape index (κ1) is 36.9. The average Bonchev–Trinajstić information content (AvgIpc) is 3.30. The number of methoxy groups -OCH3 is 1. The molecular weight excluding hydrogens is 623 g/mol. The summed E-state index contributed by atoms with van der Waals surface area (Å²) in [5.74, 6) is 2.24. The molecule has 1 aromatic carbocycles. The summed E-state index contributed by atoms with van der Waals surface area (Å²) in [4.78, 5) is 25.2. The van der Waals surface area contributed by atoms with Crippen molar-refractivity contribution < 1.29 is 14.3 Å². The third-order valence-electron chi connectivity index (χ3n) is 11.2. The first-order valence-corrected chi connectivity index (χ1v) is 24.9. The van der Waals surface area contributed by atoms with Gasteiger partial charge in [0.25, 0.3) is 0 Å². The fourth-order valence-corrected chi connectivity index (χ4v) is 25.0. The third kappa shape index (κ3) is 8.05. The molecule has 5 unspecified atom stereocenters. The summed E-state index contributed by atoms with van der Waals surface area (Å²) >= 11 is -2.44. The number of fused-ring (bicyclic) bond motifs is 5. The van der Waals surface area contributed by atoms with Gasteiger partial charge in [0.2, 0.25) is 0 Å². The molecule has 4 rings (SSSR count). The predicted molar refractivity (Wildman–Crippen MR) is 182 cm³/mol. The maximum atomic E-state index is 13.3. The topological polar surface area (TPSA) is 43.4 Å². The molecular formula is C38H62O3Sn. The second-order valence-electron chi connectivity index (χ2n) is 13.3. The van der Waals surface area contributed by atoms with Crippen LogP contribution in [0.4, 0.5) is 0 Å². The number of carbonyl (C=O) groups is 2. The number of unbranched alkanes of at least 4 members (excludes halogenated alkanes) is 3. The van der Waals surface area contributed by atoms with Crippen LogP contribution in [0.5, 0.6) is 0 Å². The Kier molecular flexibility index (Phi) is 15.7. The van der Waals surface area contributed by atoms with Gasteiger partial charge < -0.3 is 0 Å². The molecule has 0 aromatic heterocycles. The summed E-state index contributed by atoms with van der Waals surface area (Å²) in [5.41, 5.74) is 3.07. The minimum atomic E-state index is -2.44. The number of Topliss-reactive ketones (excluding diaryl/α,β-unsaturated/α-hetero) is 1. The van der Waals surface area contributed by atoms with Crippen LogP contribution >= 0.6 is 0 Å². The van der Waals surface area contributed by atoms with Crippen LogP contribution in [0.1, 0.15) is 136 Å². The molecule has 0 spiro atoms. The summed E-state index contributed by atoms with van der Waals surface area (Å²) in [6.07, 6.45) is 22.7. The standard InChI is InChI=1S/C22H27O3.3C4H9.C2H6.C2H2.Sn/c1-22-12-11-17-16-6-4-3-5-14(16)7-9-18(17)21(22)15(13-19(22)23)8-10-20(24)25-2;3*1-3-4-2;2*1-2;/h4-6,15,17-18,21H,7-13H2,1-2H3;3*1,3-4H2,2H3;1-2H3;1-2H;. The van der Waals surface area contributed by atoms with E-state index in [-0.39, 0.29) is 11.4 Å². The summed E-state index contributed by atoms with van der Waals surface area (Å²) in [6.45, 7) is 13.4. The van der Waals surface area contributed by atoms with Crippen LogP contribution in [-0.2, 0) is 20.7 Å². The van der Waals surface area contributed by atoms with Gasteiger partial charge in [-0.25, -0.2) is 0 Å². The molecule has 0 heterocycles. The first-order chi connectivity index (χ1) is 20.3. The first-order valence-electron chi connectivity index (χ1n) is 17.4. The molecule has 0 aliphatic heterocycles. The van der Waals surface area contributed by atoms with Crippen LogP contribution in [0.15, 0.2) is 18.2 Å². The number of rotatable bonds is 13. The second kappa shape index (κ2) is 17.9. The Morgan fingerprint density at radius 2 is 1.60 bits per heavy atom. The van der Waals surface area contributed by atoms with Gasteiger partial charge in [0, 0.05) is 0 Å². The quantitative estimate of drug-likeness (QED) is 0.118. The number of benzene rings is 1. The molecule has 3 nitrogen and oxygen atoms in total. The van der Waals surface area contributed by atoms with Gasteiger partial charge in [0.15, 0.2) is 0 Å². The van der Waals surface area contributed by atoms with Gasteiger partial charge in [0.05, 0.1) is 7.11 Å². The van der Waals surface area contributed by atoms with E-state index >= 15 is 0 Å². The number of hydrogen-bond donors (Lipinski definition) is 0. The molecule has 0 amide bonds. The van der Waals surface area contributed by atoms with Crippen LogP contribution in [0.2, 0.25) is 13.3 Å². The van der Waals surface area contributed by atoms with E-state index in [4.69, 9.17) is 4.74 Å². The van der Waals surface area contributed by atoms with E-state index < -0.39 is 18.4 Å². The van der Waals surface area contributed by atoms with Crippen molar-refractivity contribution in [1.29, 1.82) is 0 Å². The maximum absolute atomic E-state index is 13.3. The Hall–Kier alpha value is -1.28. The molecule has 3 aliphatic carbocycles. The van der Waals surface area contributed by atoms with Gasteiger partial charge in [0.1, 0.15) is 0 Å². The summed E-state index contributed by atoms with van der Waals surface area (Å²) in [5, 5.41) is 0. The minimum absolute atomic E-state index is 0.135. The van der Waals surface area contributed by atoms with E-state index in [0.29, 0.717) is 42.3 Å². The summed E-state index contributed by atoms with van der Waals surface area (Å²) in [6, 6.07) is 7.91. The fourth-order valence-electron chi connectivity index (χ4n) is 9.00. The SMILES string of the molecule is C#C.CC.CCC[CH2][Sn]([CH2]CCC)([CH2]CCC)[c]1ccc2c(c1)CCC1C2CCC2(C)C(=O)CC(CCC(=O)OC)C12. The molecule has 236 valence electrons. The van der Waals surface area contributed by atoms with Gasteiger partial charge in [-0.2, -0.15) is 0 Å². The third-order valence-corrected chi connectivity index (χ3v) is 26.8. The number of hydrogen-bond acceptors (Lipinski definition) is 3. The number of ketones is 1. The molecule has 1 aromatic rings. The fraction of sp³-hybridized carbons (Fsp3) is 0.737. The Labute approximate surface area is 263 Å². The van der Waals surface area contributed by atoms with Crippen LogP contribution in [0.3, 0.4) is 0 Å². The predicted octanol–water partition coefficient (Wildman–Crippen LogP) is 9.62. The number of carbonyl (C=O) groups excluding carboxylic acids is 2. The van der Waals surface area contributed by atoms with Gasteiger partial charge in [-0.1, -0.05) is 13.8 Å². The molecule has 0 saturated heterocycles. The van der Waals surface area contributed by atoms with Crippen molar-refractivity contribution in [2.24, 2.45) is 23.2 Å². The van der Waals surface area contributed by atoms with Crippen LogP contribution in [0, 0.1) is 36.0 Å². The van der Waals surface area contributed by atoms with E-state index in [1.807, 2.05) is 17.4 Å². The van der Waals surface area contributed by atoms with Crippen LogP contribution in [0.25, 0.3) is 0 Å². The van der Waals surface area contributed by atoms with Crippen LogP contribution in [-0.4, -0.2) is 37.2 Å². The molecule has 42 heavy (non-hydrogen) atoms. The van der Waals surface area contributed by atoms with Crippen molar-refractivity contribution in [2.45, 2.75) is 144 Å². The Morgan fingerprint density at radius 1 is 1.00 bits per heavy atom. The van der Waals surface area contributed by atoms with E-state index in [1.54, 1.807) is 11.1 Å². The zero-order valence-electron chi connectivity index (χ0n) is 28.2. The molecule has 0 bridgehead atoms. The molecule has 3 aliphatic rings. The average molecular weight is 686 g/mol. The summed E-state index contributed by atoms with van der Waals surface area (Å²) in [7, 11) is 1.47. The van der Waals surface area contributed by atoms with Gasteiger partial charge in [-0.3, -0.25) is 0 Å². The normalized spacial score (nSPS) is 26.0. The Balaban J connectivity index is 0.00000148. The molecule has 0 N–H and O–H groups in total. The molecule has 5 atom stereocenters. The number of aryl methyl sites for hydroxylation is 1. The van der Waals surface area contributed by atoms with Crippen molar-refractivity contribution in [3.8, 4) is 12.8 Å². The monoisotopic (exact) mass is 686 g/mol. The Bertz CT molecular complexity index is 991. The molecule has 2 fully saturated rings. The van der Waals surface area contributed by atoms with Gasteiger partial charge >= 0.3 is 231 Å². The number of terminal acetylenes is 1. The van der Waals surface area contributed by atoms with Gasteiger partial charge in [-0.05, 0) is 0 Å². The van der Waals surface area contributed by atoms with Crippen molar-refractivity contribution in [2.75, 3.05) is 7.11 Å². The van der Waals surface area contributed by atoms with Crippen molar-refractivity contribution in [1.82, 2.24) is 0 Å². The Morgan fingerprint density at radius 3 is 2.14 bits per heavy atom. The zero-order chi connectivity index (χ0) is 31.3. The second-order valence-corrected chi connectivity index (χ2v) is 26.5. The van der Waals surface area contributed by atoms with Crippen molar-refractivity contribution >= 4 is 33.7 Å². The number of ether oxygens (including phenoxy) is 1. The number of esters is 1. The van der Waals surface area contributed by atoms with Crippen molar-refractivity contribution in [3.63, 3.8) is 0 Å². The molecule has 4 heteroatoms. The van der Waals surface area contributed by atoms with Crippen molar-refractivity contribution in [3.05, 3.63) is 29.3 Å². The summed E-state index contributed by atoms with van der Waals surface area (Å²) < 4.78 is 11.3. The van der Waals surface area contributed by atoms with Crippen LogP contribution < -0.4 is 3.58 Å². The molecule has 2 saturated carbocycles.